The summed E-state index contributed by atoms with van der Waals surface area (Å²) in [5.41, 5.74) is 0.902. The quantitative estimate of drug-likeness (QED) is 0.0650. The fourth-order valence-corrected chi connectivity index (χ4v) is 4.98. The minimum absolute atomic E-state index is 0.0140. The Morgan fingerprint density at radius 3 is 1.64 bits per heavy atom. The van der Waals surface area contributed by atoms with Crippen molar-refractivity contribution in [3.05, 3.63) is 78.2 Å². The van der Waals surface area contributed by atoms with Gasteiger partial charge in [0.25, 0.3) is 23.6 Å². The Morgan fingerprint density at radius 2 is 1.15 bits per heavy atom. The zero-order valence-corrected chi connectivity index (χ0v) is 30.1. The molecule has 55 heavy (non-hydrogen) atoms. The number of hydrogen-bond donors (Lipinski definition) is 8. The number of esters is 1. The Bertz CT molecular complexity index is 2240. The number of nitrogens with zero attached hydrogens (tertiary/aromatic N) is 6. The summed E-state index contributed by atoms with van der Waals surface area (Å²) in [6.45, 7) is 1.82. The van der Waals surface area contributed by atoms with Crippen LogP contribution in [0, 0.1) is 0 Å². The maximum Gasteiger partial charge on any atom is 0.374 e. The molecule has 0 aromatic carbocycles. The third kappa shape index (κ3) is 10.1. The monoisotopic (exact) mass is 758 g/mol. The number of hydrogen-bond acceptors (Lipinski definition) is 11. The molecule has 0 aliphatic rings. The minimum atomic E-state index is -0.625. The van der Waals surface area contributed by atoms with Crippen LogP contribution in [0.4, 0.5) is 23.0 Å². The van der Waals surface area contributed by atoms with Crippen molar-refractivity contribution in [2.24, 2.45) is 21.1 Å². The fraction of sp³-hybridized carbons (Fsp3) is 0.273. The molecule has 0 unspecified atom stereocenters. The van der Waals surface area contributed by atoms with E-state index in [0.29, 0.717) is 5.69 Å². The zero-order valence-electron chi connectivity index (χ0n) is 30.1. The molecular weight excluding hydrogens is 720 g/mol. The van der Waals surface area contributed by atoms with Gasteiger partial charge >= 0.3 is 5.97 Å². The highest BCUT2D eigenvalue weighted by molar-refractivity contribution is 6.04. The molecule has 0 aliphatic carbocycles. The zero-order chi connectivity index (χ0) is 39.6. The van der Waals surface area contributed by atoms with E-state index in [2.05, 4.69) is 56.8 Å². The highest BCUT2D eigenvalue weighted by Gasteiger charge is 2.19. The van der Waals surface area contributed by atoms with Gasteiger partial charge in [0.05, 0.1) is 18.0 Å². The lowest BCUT2D eigenvalue weighted by Crippen LogP contribution is -2.28. The molecule has 5 rings (SSSR count). The van der Waals surface area contributed by atoms with Crippen LogP contribution >= 0.6 is 0 Å². The maximum atomic E-state index is 12.9. The summed E-state index contributed by atoms with van der Waals surface area (Å²) in [6.07, 6.45) is 8.68. The van der Waals surface area contributed by atoms with E-state index in [4.69, 9.17) is 4.74 Å². The van der Waals surface area contributed by atoms with Crippen molar-refractivity contribution in [3.8, 4) is 0 Å². The van der Waals surface area contributed by atoms with Crippen LogP contribution in [-0.4, -0.2) is 99.7 Å². The van der Waals surface area contributed by atoms with Crippen molar-refractivity contribution in [3.63, 3.8) is 0 Å². The predicted octanol–water partition coefficient (Wildman–Crippen LogP) is 0.742. The molecule has 5 aromatic heterocycles. The van der Waals surface area contributed by atoms with Crippen LogP contribution in [0.5, 0.6) is 0 Å². The number of rotatable bonds is 16. The molecule has 22 nitrogen and oxygen atoms in total. The minimum Gasteiger partial charge on any atom is -0.460 e. The number of ether oxygens (including phenoxy) is 1. The number of imidazole rings is 3. The smallest absolute Gasteiger partial charge is 0.374 e. The summed E-state index contributed by atoms with van der Waals surface area (Å²) in [5, 5.41) is 15.6. The molecule has 0 radical (unpaired) electrons. The van der Waals surface area contributed by atoms with Gasteiger partial charge in [0.1, 0.15) is 11.4 Å². The summed E-state index contributed by atoms with van der Waals surface area (Å²) in [6, 6.07) is 2.84. The molecule has 0 fully saturated rings. The van der Waals surface area contributed by atoms with Crippen molar-refractivity contribution in [1.29, 1.82) is 0 Å². The lowest BCUT2D eigenvalue weighted by Gasteiger charge is -2.04. The summed E-state index contributed by atoms with van der Waals surface area (Å²) in [4.78, 5) is 105. The largest absolute Gasteiger partial charge is 0.460 e. The summed E-state index contributed by atoms with van der Waals surface area (Å²) >= 11 is 0. The van der Waals surface area contributed by atoms with Gasteiger partial charge in [0, 0.05) is 84.3 Å². The summed E-state index contributed by atoms with van der Waals surface area (Å²) in [5.74, 6) is -3.19. The topological polar surface area (TPSA) is 286 Å². The molecule has 22 heteroatoms. The van der Waals surface area contributed by atoms with Crippen molar-refractivity contribution in [2.45, 2.75) is 19.8 Å². The average Bonchev–Trinajstić information content (AvgIpc) is 3.98. The van der Waals surface area contributed by atoms with Crippen LogP contribution in [0.2, 0.25) is 0 Å². The van der Waals surface area contributed by atoms with Crippen LogP contribution in [-0.2, 0) is 35.5 Å². The fourth-order valence-electron chi connectivity index (χ4n) is 4.98. The van der Waals surface area contributed by atoms with E-state index in [-0.39, 0.29) is 78.7 Å². The highest BCUT2D eigenvalue weighted by Crippen LogP contribution is 2.15. The van der Waals surface area contributed by atoms with Gasteiger partial charge in [-0.1, -0.05) is 0 Å². The standard InChI is InChI=1S/C33H38N14O8/c1-5-55-33(54)28-44-23(17-47(28)4)42-25(49)7-9-36-30(51)21-13-19(15-38-21)40-32(53)27-43-22(16-46(27)3)41-24(48)6-8-35-29(50)20-12-18(14-37-20)39-31(52)26-34-10-11-45(26)2/h10-17,37-38H,5-9H2,1-4H3,(H,35,50)(H,36,51)(H,39,52)(H,40,53)(H,41,48)(H,42,49). The Kier molecular flexibility index (Phi) is 12.2. The first-order chi connectivity index (χ1) is 26.3. The number of carbonyl (C=O) groups excluding carboxylic acids is 7. The second-order valence-corrected chi connectivity index (χ2v) is 11.8. The van der Waals surface area contributed by atoms with Crippen molar-refractivity contribution in [2.75, 3.05) is 41.0 Å². The number of H-pyrrole nitrogens is 2. The molecule has 0 aliphatic heterocycles. The summed E-state index contributed by atoms with van der Waals surface area (Å²) < 4.78 is 9.30. The van der Waals surface area contributed by atoms with E-state index in [1.54, 1.807) is 38.8 Å². The van der Waals surface area contributed by atoms with Crippen LogP contribution in [0.3, 0.4) is 0 Å². The second-order valence-electron chi connectivity index (χ2n) is 11.8. The lowest BCUT2D eigenvalue weighted by atomic mass is 10.3. The van der Waals surface area contributed by atoms with E-state index in [9.17, 15) is 33.6 Å². The van der Waals surface area contributed by atoms with E-state index in [1.807, 2.05) is 0 Å². The molecule has 5 heterocycles. The van der Waals surface area contributed by atoms with Gasteiger partial charge in [-0.15, -0.1) is 0 Å². The third-order valence-electron chi connectivity index (χ3n) is 7.62. The van der Waals surface area contributed by atoms with Crippen LogP contribution in [0.1, 0.15) is 72.6 Å². The Balaban J connectivity index is 1.02. The first kappa shape index (κ1) is 38.7. The number of nitrogens with one attached hydrogen (secondary N) is 8. The summed E-state index contributed by atoms with van der Waals surface area (Å²) in [7, 11) is 4.82. The van der Waals surface area contributed by atoms with Gasteiger partial charge in [-0.3, -0.25) is 28.8 Å². The van der Waals surface area contributed by atoms with Gasteiger partial charge < -0.3 is 60.3 Å². The molecule has 0 saturated carbocycles. The van der Waals surface area contributed by atoms with Gasteiger partial charge in [0.2, 0.25) is 23.5 Å². The molecule has 0 bridgehead atoms. The molecule has 288 valence electrons. The average molecular weight is 759 g/mol. The van der Waals surface area contributed by atoms with Crippen molar-refractivity contribution in [1.82, 2.24) is 49.3 Å². The Labute approximate surface area is 311 Å². The first-order valence-electron chi connectivity index (χ1n) is 16.7. The number of amides is 6. The van der Waals surface area contributed by atoms with Gasteiger partial charge in [-0.2, -0.15) is 0 Å². The number of aromatic amines is 2. The van der Waals surface area contributed by atoms with Crippen LogP contribution < -0.4 is 31.9 Å². The van der Waals surface area contributed by atoms with E-state index < -0.39 is 41.4 Å². The predicted molar refractivity (Wildman–Crippen MR) is 194 cm³/mol. The first-order valence-corrected chi connectivity index (χ1v) is 16.7. The van der Waals surface area contributed by atoms with Crippen molar-refractivity contribution >= 4 is 64.4 Å². The normalized spacial score (nSPS) is 10.7. The van der Waals surface area contributed by atoms with Crippen LogP contribution in [0.25, 0.3) is 0 Å². The number of carbonyl (C=O) groups is 7. The number of aromatic nitrogens is 8. The van der Waals surface area contributed by atoms with Gasteiger partial charge in [-0.05, 0) is 19.1 Å². The third-order valence-corrected chi connectivity index (χ3v) is 7.62. The molecule has 0 spiro atoms. The van der Waals surface area contributed by atoms with E-state index in [0.717, 1.165) is 0 Å². The van der Waals surface area contributed by atoms with Gasteiger partial charge in [-0.25, -0.2) is 19.7 Å². The molecule has 0 atom stereocenters. The van der Waals surface area contributed by atoms with Crippen LogP contribution in [0.15, 0.2) is 49.3 Å². The Morgan fingerprint density at radius 1 is 0.655 bits per heavy atom. The number of anilines is 4. The van der Waals surface area contributed by atoms with E-state index in [1.165, 1.54) is 52.3 Å². The van der Waals surface area contributed by atoms with E-state index >= 15 is 0 Å². The molecule has 0 saturated heterocycles. The SMILES string of the molecule is CCOC(=O)c1nc(NC(=O)CCNC(=O)c2cc(NC(=O)c3nc(NC(=O)CCNC(=O)c4cc(NC(=O)c5nccn5C)c[nH]4)cn3C)c[nH]2)cn1C. The Hall–Kier alpha value is -7.52. The van der Waals surface area contributed by atoms with Gasteiger partial charge in [0.15, 0.2) is 17.5 Å². The molecule has 5 aromatic rings. The maximum absolute atomic E-state index is 12.9. The second kappa shape index (κ2) is 17.3. The highest BCUT2D eigenvalue weighted by atomic mass is 16.5. The molecule has 6 amide bonds. The molecule has 8 N–H and O–H groups in total. The number of aryl methyl sites for hydroxylation is 3. The van der Waals surface area contributed by atoms with Crippen molar-refractivity contribution < 1.29 is 38.3 Å². The lowest BCUT2D eigenvalue weighted by molar-refractivity contribution is -0.116. The molecular formula is C33H38N14O8.